The Balaban J connectivity index is 1.75. The molecule has 0 fully saturated rings. The summed E-state index contributed by atoms with van der Waals surface area (Å²) in [5.41, 5.74) is 0.939. The van der Waals surface area contributed by atoms with Crippen LogP contribution in [-0.4, -0.2) is 20.5 Å². The third kappa shape index (κ3) is 3.33. The monoisotopic (exact) mass is 335 g/mol. The molecule has 1 atom stereocenters. The Bertz CT molecular complexity index is 840. The van der Waals surface area contributed by atoms with Crippen LogP contribution in [0.5, 0.6) is 0 Å². The minimum Gasteiger partial charge on any atom is -0.360 e. The summed E-state index contributed by atoms with van der Waals surface area (Å²) in [6, 6.07) is 12.4. The fourth-order valence-electron chi connectivity index (χ4n) is 2.26. The highest BCUT2D eigenvalue weighted by Crippen LogP contribution is 2.26. The van der Waals surface area contributed by atoms with Crippen molar-refractivity contribution in [2.45, 2.75) is 17.6 Å². The Labute approximate surface area is 132 Å². The average Bonchev–Trinajstić information content (AvgIpc) is 2.52. The lowest BCUT2D eigenvalue weighted by Gasteiger charge is -2.27. The molecule has 3 N–H and O–H groups in total. The van der Waals surface area contributed by atoms with E-state index in [2.05, 4.69) is 15.4 Å². The van der Waals surface area contributed by atoms with Crippen molar-refractivity contribution in [1.82, 2.24) is 10.0 Å². The molecule has 0 saturated heterocycles. The van der Waals surface area contributed by atoms with Crippen LogP contribution in [0.1, 0.15) is 5.56 Å². The first-order chi connectivity index (χ1) is 11.0. The van der Waals surface area contributed by atoms with Gasteiger partial charge < -0.3 is 10.6 Å². The standard InChI is InChI=1S/C15H14FN3O3S/c16-11-6-7-13-12(8-11)18-14(19-23(13,21)22)15(20)17-9-10-4-2-1-3-5-10/h1-8,14,18-19H,9H2,(H,17,20)/t14-/m0/s1. The van der Waals surface area contributed by atoms with Crippen LogP contribution in [0.25, 0.3) is 0 Å². The molecule has 1 aliphatic rings. The van der Waals surface area contributed by atoms with Gasteiger partial charge in [0.05, 0.1) is 5.69 Å². The molecule has 0 spiro atoms. The Kier molecular flexibility index (Phi) is 4.01. The molecule has 120 valence electrons. The van der Waals surface area contributed by atoms with E-state index in [1.165, 1.54) is 0 Å². The number of carbonyl (C=O) groups excluding carboxylic acids is 1. The minimum atomic E-state index is -3.88. The summed E-state index contributed by atoms with van der Waals surface area (Å²) >= 11 is 0. The first kappa shape index (κ1) is 15.4. The lowest BCUT2D eigenvalue weighted by molar-refractivity contribution is -0.122. The highest BCUT2D eigenvalue weighted by Gasteiger charge is 2.33. The molecule has 0 aromatic heterocycles. The van der Waals surface area contributed by atoms with E-state index in [-0.39, 0.29) is 17.1 Å². The van der Waals surface area contributed by atoms with Crippen LogP contribution in [0.4, 0.5) is 10.1 Å². The topological polar surface area (TPSA) is 87.3 Å². The number of hydrogen-bond donors (Lipinski definition) is 3. The second-order valence-electron chi connectivity index (χ2n) is 5.04. The van der Waals surface area contributed by atoms with E-state index in [0.717, 1.165) is 23.8 Å². The van der Waals surface area contributed by atoms with Gasteiger partial charge in [0.1, 0.15) is 10.7 Å². The zero-order valence-electron chi connectivity index (χ0n) is 11.9. The van der Waals surface area contributed by atoms with Crippen LogP contribution in [0.2, 0.25) is 0 Å². The molecule has 0 saturated carbocycles. The summed E-state index contributed by atoms with van der Waals surface area (Å²) in [5.74, 6) is -1.14. The summed E-state index contributed by atoms with van der Waals surface area (Å²) in [6.45, 7) is 0.260. The van der Waals surface area contributed by atoms with Crippen LogP contribution in [0.15, 0.2) is 53.4 Å². The third-order valence-electron chi connectivity index (χ3n) is 3.38. The van der Waals surface area contributed by atoms with Gasteiger partial charge in [0, 0.05) is 6.54 Å². The van der Waals surface area contributed by atoms with Gasteiger partial charge in [-0.2, -0.15) is 4.72 Å². The molecule has 3 rings (SSSR count). The van der Waals surface area contributed by atoms with E-state index >= 15 is 0 Å². The Hall–Kier alpha value is -2.45. The maximum Gasteiger partial charge on any atom is 0.258 e. The Morgan fingerprint density at radius 3 is 2.65 bits per heavy atom. The molecule has 0 bridgehead atoms. The van der Waals surface area contributed by atoms with E-state index in [4.69, 9.17) is 0 Å². The van der Waals surface area contributed by atoms with Gasteiger partial charge in [-0.3, -0.25) is 4.79 Å². The molecule has 2 aromatic carbocycles. The van der Waals surface area contributed by atoms with Crippen molar-refractivity contribution in [3.63, 3.8) is 0 Å². The van der Waals surface area contributed by atoms with Crippen LogP contribution in [0, 0.1) is 5.82 Å². The zero-order valence-corrected chi connectivity index (χ0v) is 12.7. The number of nitrogens with one attached hydrogen (secondary N) is 3. The predicted octanol–water partition coefficient (Wildman–Crippen LogP) is 1.17. The maximum atomic E-state index is 13.3. The molecule has 0 radical (unpaired) electrons. The second kappa shape index (κ2) is 5.98. The van der Waals surface area contributed by atoms with Gasteiger partial charge in [0.15, 0.2) is 6.17 Å². The summed E-state index contributed by atoms with van der Waals surface area (Å²) < 4.78 is 39.8. The molecule has 23 heavy (non-hydrogen) atoms. The van der Waals surface area contributed by atoms with Crippen molar-refractivity contribution in [1.29, 1.82) is 0 Å². The van der Waals surface area contributed by atoms with E-state index in [9.17, 15) is 17.6 Å². The van der Waals surface area contributed by atoms with Gasteiger partial charge in [-0.05, 0) is 23.8 Å². The van der Waals surface area contributed by atoms with Crippen LogP contribution >= 0.6 is 0 Å². The lowest BCUT2D eigenvalue weighted by atomic mass is 10.2. The number of carbonyl (C=O) groups is 1. The van der Waals surface area contributed by atoms with Gasteiger partial charge in [-0.25, -0.2) is 12.8 Å². The molecular formula is C15H14FN3O3S. The molecule has 1 heterocycles. The maximum absolute atomic E-state index is 13.3. The van der Waals surface area contributed by atoms with Crippen LogP contribution in [0.3, 0.4) is 0 Å². The van der Waals surface area contributed by atoms with Gasteiger partial charge in [-0.15, -0.1) is 0 Å². The van der Waals surface area contributed by atoms with Crippen molar-refractivity contribution < 1.29 is 17.6 Å². The van der Waals surface area contributed by atoms with Crippen molar-refractivity contribution in [3.8, 4) is 0 Å². The first-order valence-electron chi connectivity index (χ1n) is 6.86. The molecule has 8 heteroatoms. The molecule has 1 amide bonds. The number of halogens is 1. The van der Waals surface area contributed by atoms with Gasteiger partial charge >= 0.3 is 0 Å². The fourth-order valence-corrected chi connectivity index (χ4v) is 3.52. The van der Waals surface area contributed by atoms with Crippen LogP contribution < -0.4 is 15.4 Å². The SMILES string of the molecule is O=C(NCc1ccccc1)[C@H]1Nc2cc(F)ccc2S(=O)(=O)N1. The quantitative estimate of drug-likeness (QED) is 0.786. The molecular weight excluding hydrogens is 321 g/mol. The normalized spacial score (nSPS) is 18.6. The summed E-state index contributed by atoms with van der Waals surface area (Å²) in [5, 5.41) is 5.32. The fraction of sp³-hybridized carbons (Fsp3) is 0.133. The molecule has 1 aliphatic heterocycles. The second-order valence-corrected chi connectivity index (χ2v) is 6.72. The van der Waals surface area contributed by atoms with Gasteiger partial charge in [0.25, 0.3) is 5.91 Å². The third-order valence-corrected chi connectivity index (χ3v) is 4.86. The Morgan fingerprint density at radius 2 is 1.91 bits per heavy atom. The summed E-state index contributed by atoms with van der Waals surface area (Å²) in [7, 11) is -3.88. The largest absolute Gasteiger partial charge is 0.360 e. The van der Waals surface area contributed by atoms with Crippen molar-refractivity contribution in [3.05, 3.63) is 59.9 Å². The lowest BCUT2D eigenvalue weighted by Crippen LogP contribution is -2.53. The van der Waals surface area contributed by atoms with Crippen molar-refractivity contribution >= 4 is 21.6 Å². The summed E-state index contributed by atoms with van der Waals surface area (Å²) in [6.07, 6.45) is -1.20. The van der Waals surface area contributed by atoms with E-state index < -0.39 is 27.9 Å². The van der Waals surface area contributed by atoms with Gasteiger partial charge in [-0.1, -0.05) is 30.3 Å². The van der Waals surface area contributed by atoms with E-state index in [0.29, 0.717) is 0 Å². The predicted molar refractivity (Wildman–Crippen MR) is 82.4 cm³/mol. The van der Waals surface area contributed by atoms with Crippen molar-refractivity contribution in [2.75, 3.05) is 5.32 Å². The minimum absolute atomic E-state index is 0.0589. The summed E-state index contributed by atoms with van der Waals surface area (Å²) in [4.78, 5) is 12.1. The highest BCUT2D eigenvalue weighted by molar-refractivity contribution is 7.89. The van der Waals surface area contributed by atoms with Crippen LogP contribution in [-0.2, 0) is 21.4 Å². The van der Waals surface area contributed by atoms with Gasteiger partial charge in [0.2, 0.25) is 10.0 Å². The number of anilines is 1. The molecule has 0 aliphatic carbocycles. The zero-order chi connectivity index (χ0) is 16.4. The smallest absolute Gasteiger partial charge is 0.258 e. The number of hydrogen-bond acceptors (Lipinski definition) is 4. The Morgan fingerprint density at radius 1 is 1.17 bits per heavy atom. The molecule has 2 aromatic rings. The van der Waals surface area contributed by atoms with Crippen molar-refractivity contribution in [2.24, 2.45) is 0 Å². The number of fused-ring (bicyclic) bond motifs is 1. The molecule has 6 nitrogen and oxygen atoms in total. The number of rotatable bonds is 3. The average molecular weight is 335 g/mol. The number of benzene rings is 2. The number of sulfonamides is 1. The first-order valence-corrected chi connectivity index (χ1v) is 8.34. The van der Waals surface area contributed by atoms with E-state index in [1.807, 2.05) is 30.3 Å². The molecule has 0 unspecified atom stereocenters. The number of amides is 1. The highest BCUT2D eigenvalue weighted by atomic mass is 32.2. The van der Waals surface area contributed by atoms with E-state index in [1.54, 1.807) is 0 Å².